The number of carbonyl (C=O) groups is 1. The molecule has 2 aromatic heterocycles. The zero-order valence-corrected chi connectivity index (χ0v) is 13.0. The number of carbonyl (C=O) groups excluding carboxylic acids is 1. The lowest BCUT2D eigenvalue weighted by atomic mass is 10.1. The van der Waals surface area contributed by atoms with Crippen LogP contribution in [-0.2, 0) is 20.0 Å². The molecular weight excluding hydrogens is 310 g/mol. The maximum absolute atomic E-state index is 12.5. The van der Waals surface area contributed by atoms with Gasteiger partial charge in [-0.1, -0.05) is 18.2 Å². The van der Waals surface area contributed by atoms with Crippen LogP contribution in [-0.4, -0.2) is 37.1 Å². The van der Waals surface area contributed by atoms with Gasteiger partial charge in [0.2, 0.25) is 11.7 Å². The van der Waals surface area contributed by atoms with Crippen molar-refractivity contribution >= 4 is 5.91 Å². The minimum absolute atomic E-state index is 0.0396. The van der Waals surface area contributed by atoms with Crippen LogP contribution in [0.5, 0.6) is 0 Å². The first kappa shape index (κ1) is 14.4. The Hall–Kier alpha value is -3.16. The third-order valence-corrected chi connectivity index (χ3v) is 4.01. The SMILES string of the molecule is Cn1nc(C(=O)N2CCc3oc(-c4ccccc4)nc3C2)[nH]c1=O. The van der Waals surface area contributed by atoms with Gasteiger partial charge in [0.15, 0.2) is 0 Å². The van der Waals surface area contributed by atoms with E-state index >= 15 is 0 Å². The molecule has 8 nitrogen and oxygen atoms in total. The summed E-state index contributed by atoms with van der Waals surface area (Å²) in [7, 11) is 1.49. The average Bonchev–Trinajstić information content (AvgIpc) is 3.18. The van der Waals surface area contributed by atoms with E-state index in [1.807, 2.05) is 30.3 Å². The van der Waals surface area contributed by atoms with E-state index < -0.39 is 5.69 Å². The molecule has 1 amide bonds. The molecule has 1 aliphatic rings. The molecule has 8 heteroatoms. The van der Waals surface area contributed by atoms with Crippen LogP contribution in [0.15, 0.2) is 39.5 Å². The van der Waals surface area contributed by atoms with Gasteiger partial charge < -0.3 is 9.32 Å². The van der Waals surface area contributed by atoms with Crippen LogP contribution in [0.25, 0.3) is 11.5 Å². The van der Waals surface area contributed by atoms with Gasteiger partial charge in [-0.2, -0.15) is 0 Å². The van der Waals surface area contributed by atoms with E-state index in [1.165, 1.54) is 7.05 Å². The Balaban J connectivity index is 1.59. The summed E-state index contributed by atoms with van der Waals surface area (Å²) in [6.45, 7) is 0.830. The lowest BCUT2D eigenvalue weighted by Crippen LogP contribution is -2.36. The normalized spacial score (nSPS) is 13.8. The van der Waals surface area contributed by atoms with Gasteiger partial charge in [-0.05, 0) is 12.1 Å². The van der Waals surface area contributed by atoms with Gasteiger partial charge >= 0.3 is 5.69 Å². The largest absolute Gasteiger partial charge is 0.441 e. The molecule has 0 unspecified atom stereocenters. The monoisotopic (exact) mass is 325 g/mol. The topological polar surface area (TPSA) is 97.0 Å². The van der Waals surface area contributed by atoms with Crippen LogP contribution in [0, 0.1) is 0 Å². The van der Waals surface area contributed by atoms with Crippen molar-refractivity contribution in [3.63, 3.8) is 0 Å². The maximum atomic E-state index is 12.5. The van der Waals surface area contributed by atoms with Crippen molar-refractivity contribution in [2.75, 3.05) is 6.54 Å². The first-order valence-electron chi connectivity index (χ1n) is 7.58. The second kappa shape index (κ2) is 5.48. The summed E-state index contributed by atoms with van der Waals surface area (Å²) < 4.78 is 6.93. The molecule has 0 atom stereocenters. The van der Waals surface area contributed by atoms with Gasteiger partial charge in [0.1, 0.15) is 11.5 Å². The van der Waals surface area contributed by atoms with Gasteiger partial charge in [-0.3, -0.25) is 9.78 Å². The fraction of sp³-hybridized carbons (Fsp3) is 0.250. The van der Waals surface area contributed by atoms with E-state index in [0.29, 0.717) is 25.4 Å². The van der Waals surface area contributed by atoms with Gasteiger partial charge in [-0.25, -0.2) is 14.5 Å². The molecule has 122 valence electrons. The predicted octanol–water partition coefficient (Wildman–Crippen LogP) is 0.962. The van der Waals surface area contributed by atoms with Crippen molar-refractivity contribution in [3.05, 3.63) is 58.1 Å². The minimum Gasteiger partial charge on any atom is -0.441 e. The van der Waals surface area contributed by atoms with Crippen LogP contribution in [0.1, 0.15) is 22.1 Å². The van der Waals surface area contributed by atoms with Gasteiger partial charge in [-0.15, -0.1) is 5.10 Å². The smallest absolute Gasteiger partial charge is 0.343 e. The number of aromatic amines is 1. The Labute approximate surface area is 136 Å². The summed E-state index contributed by atoms with van der Waals surface area (Å²) in [6, 6.07) is 9.63. The van der Waals surface area contributed by atoms with Crippen LogP contribution in [0.2, 0.25) is 0 Å². The molecule has 1 aromatic carbocycles. The highest BCUT2D eigenvalue weighted by Crippen LogP contribution is 2.26. The number of amides is 1. The van der Waals surface area contributed by atoms with E-state index in [0.717, 1.165) is 21.7 Å². The van der Waals surface area contributed by atoms with Gasteiger partial charge in [0.05, 0.1) is 6.54 Å². The highest BCUT2D eigenvalue weighted by atomic mass is 16.4. The number of H-pyrrole nitrogens is 1. The van der Waals surface area contributed by atoms with E-state index in [-0.39, 0.29) is 11.7 Å². The highest BCUT2D eigenvalue weighted by Gasteiger charge is 2.28. The van der Waals surface area contributed by atoms with Gasteiger partial charge in [0, 0.05) is 25.6 Å². The lowest BCUT2D eigenvalue weighted by Gasteiger charge is -2.24. The molecule has 0 spiro atoms. The number of nitrogens with one attached hydrogen (secondary N) is 1. The quantitative estimate of drug-likeness (QED) is 0.757. The van der Waals surface area contributed by atoms with E-state index in [1.54, 1.807) is 4.90 Å². The first-order chi connectivity index (χ1) is 11.6. The molecule has 24 heavy (non-hydrogen) atoms. The molecule has 1 aliphatic heterocycles. The van der Waals surface area contributed by atoms with Crippen LogP contribution in [0.4, 0.5) is 0 Å². The first-order valence-corrected chi connectivity index (χ1v) is 7.58. The number of nitrogens with zero attached hydrogens (tertiary/aromatic N) is 4. The zero-order valence-electron chi connectivity index (χ0n) is 13.0. The fourth-order valence-corrected chi connectivity index (χ4v) is 2.72. The van der Waals surface area contributed by atoms with Crippen molar-refractivity contribution in [2.45, 2.75) is 13.0 Å². The van der Waals surface area contributed by atoms with E-state index in [4.69, 9.17) is 4.42 Å². The Morgan fingerprint density at radius 1 is 1.29 bits per heavy atom. The molecule has 0 fully saturated rings. The second-order valence-corrected chi connectivity index (χ2v) is 5.63. The summed E-state index contributed by atoms with van der Waals surface area (Å²) >= 11 is 0. The van der Waals surface area contributed by atoms with Crippen LogP contribution >= 0.6 is 0 Å². The second-order valence-electron chi connectivity index (χ2n) is 5.63. The maximum Gasteiger partial charge on any atom is 0.343 e. The number of oxazole rings is 1. The number of rotatable bonds is 2. The summed E-state index contributed by atoms with van der Waals surface area (Å²) in [6.07, 6.45) is 0.581. The van der Waals surface area contributed by atoms with Gasteiger partial charge in [0.25, 0.3) is 5.91 Å². The summed E-state index contributed by atoms with van der Waals surface area (Å²) in [4.78, 5) is 32.5. The number of benzene rings is 1. The molecule has 0 bridgehead atoms. The third kappa shape index (κ3) is 2.41. The number of hydrogen-bond acceptors (Lipinski definition) is 5. The van der Waals surface area contributed by atoms with Crippen molar-refractivity contribution in [2.24, 2.45) is 7.05 Å². The Bertz CT molecular complexity index is 954. The van der Waals surface area contributed by atoms with Crippen molar-refractivity contribution in [3.8, 4) is 11.5 Å². The van der Waals surface area contributed by atoms with Crippen molar-refractivity contribution in [1.29, 1.82) is 0 Å². The van der Waals surface area contributed by atoms with Crippen LogP contribution in [0.3, 0.4) is 0 Å². The third-order valence-electron chi connectivity index (χ3n) is 4.01. The number of fused-ring (bicyclic) bond motifs is 1. The molecule has 0 saturated heterocycles. The fourth-order valence-electron chi connectivity index (χ4n) is 2.72. The number of hydrogen-bond donors (Lipinski definition) is 1. The Morgan fingerprint density at radius 3 is 2.79 bits per heavy atom. The summed E-state index contributed by atoms with van der Waals surface area (Å²) in [5.74, 6) is 1.08. The van der Waals surface area contributed by atoms with E-state index in [9.17, 15) is 9.59 Å². The Kier molecular flexibility index (Phi) is 3.30. The number of aryl methyl sites for hydroxylation is 1. The molecule has 0 radical (unpaired) electrons. The lowest BCUT2D eigenvalue weighted by molar-refractivity contribution is 0.0715. The van der Waals surface area contributed by atoms with E-state index in [2.05, 4.69) is 15.1 Å². The Morgan fingerprint density at radius 2 is 2.08 bits per heavy atom. The molecule has 1 N–H and O–H groups in total. The molecule has 4 rings (SSSR count). The minimum atomic E-state index is -0.413. The van der Waals surface area contributed by atoms with Crippen LogP contribution < -0.4 is 5.69 Å². The molecule has 3 aromatic rings. The highest BCUT2D eigenvalue weighted by molar-refractivity contribution is 5.90. The predicted molar refractivity (Wildman–Crippen MR) is 84.2 cm³/mol. The van der Waals surface area contributed by atoms with Crippen molar-refractivity contribution in [1.82, 2.24) is 24.6 Å². The zero-order chi connectivity index (χ0) is 16.7. The molecule has 0 saturated carbocycles. The average molecular weight is 325 g/mol. The number of aromatic nitrogens is 4. The summed E-state index contributed by atoms with van der Waals surface area (Å²) in [5, 5.41) is 3.91. The molecule has 0 aliphatic carbocycles. The standard InChI is InChI=1S/C16H15N5O3/c1-20-16(23)18-13(19-20)15(22)21-8-7-12-11(9-21)17-14(24-12)10-5-3-2-4-6-10/h2-6H,7-9H2,1H3,(H,18,19,23). The molecule has 3 heterocycles. The molecular formula is C16H15N5O3. The summed E-state index contributed by atoms with van der Waals surface area (Å²) in [5.41, 5.74) is 1.23. The van der Waals surface area contributed by atoms with Crippen molar-refractivity contribution < 1.29 is 9.21 Å².